The molecule has 1 N–H and O–H groups in total. The van der Waals surface area contributed by atoms with Crippen LogP contribution in [-0.2, 0) is 0 Å². The second-order valence-corrected chi connectivity index (χ2v) is 4.41. The van der Waals surface area contributed by atoms with Crippen LogP contribution in [0.1, 0.15) is 17.2 Å². The fourth-order valence-corrected chi connectivity index (χ4v) is 2.19. The van der Waals surface area contributed by atoms with Crippen LogP contribution in [0, 0.1) is 17.5 Å². The summed E-state index contributed by atoms with van der Waals surface area (Å²) in [5, 5.41) is 2.71. The number of hydrogen-bond acceptors (Lipinski definition) is 1. The number of rotatable bonds is 3. The van der Waals surface area contributed by atoms with Gasteiger partial charge in [0.05, 0.1) is 11.1 Å². The van der Waals surface area contributed by atoms with Gasteiger partial charge in [0.25, 0.3) is 0 Å². The van der Waals surface area contributed by atoms with E-state index in [-0.39, 0.29) is 10.6 Å². The molecular formula is C14H11ClF3N. The predicted molar refractivity (Wildman–Crippen MR) is 68.7 cm³/mol. The van der Waals surface area contributed by atoms with Gasteiger partial charge >= 0.3 is 0 Å². The Morgan fingerprint density at radius 1 is 1.00 bits per heavy atom. The van der Waals surface area contributed by atoms with Gasteiger partial charge < -0.3 is 5.32 Å². The lowest BCUT2D eigenvalue weighted by atomic mass is 9.98. The molecule has 0 aliphatic carbocycles. The summed E-state index contributed by atoms with van der Waals surface area (Å²) in [7, 11) is 1.57. The number of nitrogens with one attached hydrogen (secondary N) is 1. The van der Waals surface area contributed by atoms with E-state index in [0.29, 0.717) is 5.56 Å². The first-order valence-electron chi connectivity index (χ1n) is 5.60. The molecule has 2 aromatic carbocycles. The van der Waals surface area contributed by atoms with E-state index in [9.17, 15) is 13.2 Å². The molecule has 0 aromatic heterocycles. The fraction of sp³-hybridized carbons (Fsp3) is 0.143. The largest absolute Gasteiger partial charge is 0.309 e. The molecule has 1 unspecified atom stereocenters. The first kappa shape index (κ1) is 13.9. The zero-order valence-electron chi connectivity index (χ0n) is 10.1. The molecule has 0 radical (unpaired) electrons. The Morgan fingerprint density at radius 2 is 1.74 bits per heavy atom. The summed E-state index contributed by atoms with van der Waals surface area (Å²) in [4.78, 5) is 0. The van der Waals surface area contributed by atoms with Crippen LogP contribution in [-0.4, -0.2) is 7.05 Å². The van der Waals surface area contributed by atoms with E-state index in [2.05, 4.69) is 5.32 Å². The van der Waals surface area contributed by atoms with Gasteiger partial charge in [-0.3, -0.25) is 0 Å². The van der Waals surface area contributed by atoms with E-state index in [1.54, 1.807) is 13.1 Å². The molecule has 2 aromatic rings. The summed E-state index contributed by atoms with van der Waals surface area (Å²) < 4.78 is 40.5. The van der Waals surface area contributed by atoms with Crippen LogP contribution in [0.15, 0.2) is 36.4 Å². The number of halogens is 4. The van der Waals surface area contributed by atoms with E-state index in [1.165, 1.54) is 12.1 Å². The highest BCUT2D eigenvalue weighted by molar-refractivity contribution is 6.31. The van der Waals surface area contributed by atoms with E-state index < -0.39 is 23.5 Å². The third-order valence-corrected chi connectivity index (χ3v) is 3.25. The Bertz CT molecular complexity index is 599. The van der Waals surface area contributed by atoms with Gasteiger partial charge in [0.1, 0.15) is 17.5 Å². The molecule has 0 bridgehead atoms. The van der Waals surface area contributed by atoms with Crippen molar-refractivity contribution in [1.29, 1.82) is 0 Å². The fourth-order valence-electron chi connectivity index (χ4n) is 1.96. The van der Waals surface area contributed by atoms with Crippen molar-refractivity contribution in [2.24, 2.45) is 0 Å². The minimum Gasteiger partial charge on any atom is -0.309 e. The van der Waals surface area contributed by atoms with E-state index in [0.717, 1.165) is 18.2 Å². The van der Waals surface area contributed by atoms with Crippen molar-refractivity contribution in [3.63, 3.8) is 0 Å². The predicted octanol–water partition coefficient (Wildman–Crippen LogP) is 4.07. The maximum absolute atomic E-state index is 13.8. The highest BCUT2D eigenvalue weighted by Gasteiger charge is 2.20. The van der Waals surface area contributed by atoms with Gasteiger partial charge in [-0.15, -0.1) is 0 Å². The Morgan fingerprint density at radius 3 is 2.42 bits per heavy atom. The van der Waals surface area contributed by atoms with Crippen molar-refractivity contribution in [2.75, 3.05) is 7.05 Å². The first-order chi connectivity index (χ1) is 9.04. The molecule has 0 fully saturated rings. The Balaban J connectivity index is 2.56. The van der Waals surface area contributed by atoms with Crippen LogP contribution in [0.25, 0.3) is 0 Å². The van der Waals surface area contributed by atoms with Crippen LogP contribution in [0.5, 0.6) is 0 Å². The van der Waals surface area contributed by atoms with Crippen LogP contribution < -0.4 is 5.32 Å². The lowest BCUT2D eigenvalue weighted by Gasteiger charge is -2.19. The average Bonchev–Trinajstić information content (AvgIpc) is 2.39. The molecule has 5 heteroatoms. The van der Waals surface area contributed by atoms with Crippen molar-refractivity contribution in [1.82, 2.24) is 5.32 Å². The lowest BCUT2D eigenvalue weighted by molar-refractivity contribution is 0.555. The molecule has 0 amide bonds. The van der Waals surface area contributed by atoms with Crippen molar-refractivity contribution < 1.29 is 13.2 Å². The van der Waals surface area contributed by atoms with Crippen LogP contribution >= 0.6 is 11.6 Å². The maximum Gasteiger partial charge on any atom is 0.142 e. The molecule has 0 heterocycles. The summed E-state index contributed by atoms with van der Waals surface area (Å²) in [6.45, 7) is 0. The molecule has 19 heavy (non-hydrogen) atoms. The zero-order chi connectivity index (χ0) is 14.0. The normalized spacial score (nSPS) is 12.5. The Labute approximate surface area is 114 Å². The van der Waals surface area contributed by atoms with E-state index in [1.807, 2.05) is 0 Å². The lowest BCUT2D eigenvalue weighted by Crippen LogP contribution is -2.20. The topological polar surface area (TPSA) is 12.0 Å². The SMILES string of the molecule is CNC(c1cc(F)ccc1F)c1cccc(F)c1Cl. The molecule has 1 nitrogen and oxygen atoms in total. The minimum absolute atomic E-state index is 0.0787. The van der Waals surface area contributed by atoms with Gasteiger partial charge in [0.2, 0.25) is 0 Å². The standard InChI is InChI=1S/C14H11ClF3N/c1-19-14(9-3-2-4-12(18)13(9)15)10-7-8(16)5-6-11(10)17/h2-7,14,19H,1H3. The highest BCUT2D eigenvalue weighted by Crippen LogP contribution is 2.31. The van der Waals surface area contributed by atoms with Crippen LogP contribution in [0.4, 0.5) is 13.2 Å². The molecular weight excluding hydrogens is 275 g/mol. The van der Waals surface area contributed by atoms with Gasteiger partial charge in [0, 0.05) is 5.56 Å². The van der Waals surface area contributed by atoms with Gasteiger partial charge in [0.15, 0.2) is 0 Å². The number of benzene rings is 2. The molecule has 0 aliphatic rings. The second kappa shape index (κ2) is 5.63. The molecule has 0 saturated heterocycles. The van der Waals surface area contributed by atoms with Gasteiger partial charge in [-0.25, -0.2) is 13.2 Å². The van der Waals surface area contributed by atoms with Crippen molar-refractivity contribution in [2.45, 2.75) is 6.04 Å². The van der Waals surface area contributed by atoms with E-state index >= 15 is 0 Å². The van der Waals surface area contributed by atoms with Crippen LogP contribution in [0.3, 0.4) is 0 Å². The summed E-state index contributed by atoms with van der Waals surface area (Å²) in [6.07, 6.45) is 0. The molecule has 0 aliphatic heterocycles. The van der Waals surface area contributed by atoms with Gasteiger partial charge in [-0.1, -0.05) is 23.7 Å². The molecule has 0 saturated carbocycles. The minimum atomic E-state index is -0.723. The van der Waals surface area contributed by atoms with Crippen molar-refractivity contribution in [3.05, 3.63) is 70.0 Å². The van der Waals surface area contributed by atoms with Gasteiger partial charge in [-0.2, -0.15) is 0 Å². The Hall–Kier alpha value is -1.52. The second-order valence-electron chi connectivity index (χ2n) is 4.03. The van der Waals surface area contributed by atoms with E-state index in [4.69, 9.17) is 11.6 Å². The third kappa shape index (κ3) is 2.74. The highest BCUT2D eigenvalue weighted by atomic mass is 35.5. The molecule has 1 atom stereocenters. The zero-order valence-corrected chi connectivity index (χ0v) is 10.8. The monoisotopic (exact) mass is 285 g/mol. The Kier molecular flexibility index (Phi) is 4.12. The summed E-state index contributed by atoms with van der Waals surface area (Å²) in [6, 6.07) is 6.65. The molecule has 2 rings (SSSR count). The third-order valence-electron chi connectivity index (χ3n) is 2.85. The van der Waals surface area contributed by atoms with Crippen molar-refractivity contribution >= 4 is 11.6 Å². The maximum atomic E-state index is 13.8. The smallest absolute Gasteiger partial charge is 0.142 e. The van der Waals surface area contributed by atoms with Crippen LogP contribution in [0.2, 0.25) is 5.02 Å². The van der Waals surface area contributed by atoms with Gasteiger partial charge in [-0.05, 0) is 36.9 Å². The molecule has 100 valence electrons. The average molecular weight is 286 g/mol. The summed E-state index contributed by atoms with van der Waals surface area (Å²) in [5.74, 6) is -1.75. The number of hydrogen-bond donors (Lipinski definition) is 1. The quantitative estimate of drug-likeness (QED) is 0.896. The molecule has 0 spiro atoms. The summed E-state index contributed by atoms with van der Waals surface area (Å²) in [5.41, 5.74) is 0.434. The summed E-state index contributed by atoms with van der Waals surface area (Å²) >= 11 is 5.88. The first-order valence-corrected chi connectivity index (χ1v) is 5.98. The van der Waals surface area contributed by atoms with Crippen molar-refractivity contribution in [3.8, 4) is 0 Å².